The molecule has 1 aromatic carbocycles. The Balaban J connectivity index is 2.00. The summed E-state index contributed by atoms with van der Waals surface area (Å²) >= 11 is 3.10. The van der Waals surface area contributed by atoms with Crippen LogP contribution in [0.4, 0.5) is 0 Å². The summed E-state index contributed by atoms with van der Waals surface area (Å²) in [6.45, 7) is 1.85. The van der Waals surface area contributed by atoms with Crippen LogP contribution >= 0.6 is 15.9 Å². The Morgan fingerprint density at radius 2 is 2.00 bits per heavy atom. The maximum Gasteiger partial charge on any atom is 0.260 e. The number of halogens is 1. The van der Waals surface area contributed by atoms with Gasteiger partial charge in [-0.25, -0.2) is 17.8 Å². The minimum atomic E-state index is -3.64. The fourth-order valence-electron chi connectivity index (χ4n) is 2.02. The van der Waals surface area contributed by atoms with E-state index >= 15 is 0 Å². The van der Waals surface area contributed by atoms with E-state index < -0.39 is 10.0 Å². The average molecular weight is 373 g/mol. The molecule has 0 aliphatic heterocycles. The lowest BCUT2D eigenvalue weighted by molar-refractivity contribution is 0.532. The summed E-state index contributed by atoms with van der Waals surface area (Å²) in [7, 11) is -2.10. The topological polar surface area (TPSA) is 76.9 Å². The largest absolute Gasteiger partial charge is 0.260 e. The molecule has 1 heterocycles. The van der Waals surface area contributed by atoms with Crippen molar-refractivity contribution in [2.24, 2.45) is 7.05 Å². The number of benzene rings is 1. The molecule has 0 radical (unpaired) electrons. The molecule has 0 aliphatic rings. The van der Waals surface area contributed by atoms with Crippen molar-refractivity contribution < 1.29 is 8.42 Å². The number of sulfonamides is 1. The first-order valence-electron chi connectivity index (χ1n) is 6.51. The molecule has 0 fully saturated rings. The van der Waals surface area contributed by atoms with Crippen LogP contribution in [0.1, 0.15) is 18.9 Å². The molecule has 0 spiro atoms. The molecule has 0 saturated heterocycles. The van der Waals surface area contributed by atoms with E-state index in [0.717, 1.165) is 6.42 Å². The average Bonchev–Trinajstić information content (AvgIpc) is 2.77. The fraction of sp³-hybridized carbons (Fsp3) is 0.385. The number of nitrogens with one attached hydrogen (secondary N) is 1. The Kier molecular flexibility index (Phi) is 5.13. The first-order valence-corrected chi connectivity index (χ1v) is 8.79. The molecular weight excluding hydrogens is 356 g/mol. The lowest BCUT2D eigenvalue weighted by atomic mass is 10.1. The second-order valence-electron chi connectivity index (χ2n) is 4.86. The van der Waals surface area contributed by atoms with Crippen molar-refractivity contribution in [3.05, 3.63) is 40.5 Å². The molecule has 1 aromatic heterocycles. The van der Waals surface area contributed by atoms with Crippen LogP contribution in [0.25, 0.3) is 0 Å². The molecule has 2 aromatic rings. The fourth-order valence-corrected chi connectivity index (χ4v) is 4.39. The van der Waals surface area contributed by atoms with Crippen molar-refractivity contribution in [3.63, 3.8) is 0 Å². The molecule has 1 N–H and O–H groups in total. The van der Waals surface area contributed by atoms with Gasteiger partial charge in [0, 0.05) is 13.1 Å². The zero-order valence-corrected chi connectivity index (χ0v) is 14.2. The van der Waals surface area contributed by atoms with Gasteiger partial charge in [0.15, 0.2) is 4.60 Å². The van der Waals surface area contributed by atoms with Crippen molar-refractivity contribution in [2.75, 3.05) is 0 Å². The highest BCUT2D eigenvalue weighted by molar-refractivity contribution is 9.10. The van der Waals surface area contributed by atoms with Gasteiger partial charge in [0.1, 0.15) is 0 Å². The van der Waals surface area contributed by atoms with E-state index in [9.17, 15) is 8.42 Å². The summed E-state index contributed by atoms with van der Waals surface area (Å²) in [5.41, 5.74) is 1.19. The normalized spacial score (nSPS) is 13.3. The van der Waals surface area contributed by atoms with Gasteiger partial charge in [-0.2, -0.15) is 0 Å². The SMILES string of the molecule is CC(CCc1ccccc1)NS(=O)(=O)c1c(Br)nnn1C. The molecule has 2 rings (SSSR count). The molecule has 1 unspecified atom stereocenters. The first-order chi connectivity index (χ1) is 9.90. The summed E-state index contributed by atoms with van der Waals surface area (Å²) < 4.78 is 28.7. The van der Waals surface area contributed by atoms with E-state index in [1.165, 1.54) is 10.2 Å². The first kappa shape index (κ1) is 16.1. The van der Waals surface area contributed by atoms with Crippen LogP contribution in [-0.4, -0.2) is 29.5 Å². The molecule has 8 heteroatoms. The van der Waals surface area contributed by atoms with Crippen molar-refractivity contribution in [3.8, 4) is 0 Å². The van der Waals surface area contributed by atoms with Crippen molar-refractivity contribution in [1.29, 1.82) is 0 Å². The van der Waals surface area contributed by atoms with Crippen molar-refractivity contribution in [2.45, 2.75) is 30.8 Å². The van der Waals surface area contributed by atoms with Gasteiger partial charge in [-0.3, -0.25) is 0 Å². The highest BCUT2D eigenvalue weighted by Crippen LogP contribution is 2.18. The zero-order chi connectivity index (χ0) is 15.5. The van der Waals surface area contributed by atoms with E-state index in [0.29, 0.717) is 6.42 Å². The van der Waals surface area contributed by atoms with Gasteiger partial charge in [-0.05, 0) is 41.3 Å². The van der Waals surface area contributed by atoms with E-state index in [-0.39, 0.29) is 15.7 Å². The van der Waals surface area contributed by atoms with E-state index in [1.54, 1.807) is 7.05 Å². The highest BCUT2D eigenvalue weighted by Gasteiger charge is 2.25. The standard InChI is InChI=1S/C13H17BrN4O2S/c1-10(8-9-11-6-4-3-5-7-11)16-21(19,20)13-12(14)15-17-18(13)2/h3-7,10,16H,8-9H2,1-2H3. The summed E-state index contributed by atoms with van der Waals surface area (Å²) in [5.74, 6) is 0. The molecule has 6 nitrogen and oxygen atoms in total. The summed E-state index contributed by atoms with van der Waals surface area (Å²) in [6, 6.07) is 9.79. The lowest BCUT2D eigenvalue weighted by Gasteiger charge is -2.14. The van der Waals surface area contributed by atoms with Crippen LogP contribution in [0.3, 0.4) is 0 Å². The zero-order valence-electron chi connectivity index (χ0n) is 11.8. The predicted molar refractivity (Wildman–Crippen MR) is 83.2 cm³/mol. The molecule has 114 valence electrons. The van der Waals surface area contributed by atoms with Gasteiger partial charge in [-0.15, -0.1) is 5.10 Å². The van der Waals surface area contributed by atoms with Crippen LogP contribution in [0.2, 0.25) is 0 Å². The quantitative estimate of drug-likeness (QED) is 0.839. The van der Waals surface area contributed by atoms with Gasteiger partial charge in [0.2, 0.25) is 5.03 Å². The Bertz CT molecular complexity index is 681. The highest BCUT2D eigenvalue weighted by atomic mass is 79.9. The maximum absolute atomic E-state index is 12.3. The third-order valence-electron chi connectivity index (χ3n) is 3.06. The smallest absolute Gasteiger partial charge is 0.235 e. The van der Waals surface area contributed by atoms with E-state index in [1.807, 2.05) is 37.3 Å². The van der Waals surface area contributed by atoms with E-state index in [4.69, 9.17) is 0 Å². The molecule has 0 saturated carbocycles. The summed E-state index contributed by atoms with van der Waals surface area (Å²) in [5, 5.41) is 7.41. The van der Waals surface area contributed by atoms with Gasteiger partial charge >= 0.3 is 0 Å². The third kappa shape index (κ3) is 4.12. The maximum atomic E-state index is 12.3. The van der Waals surface area contributed by atoms with E-state index in [2.05, 4.69) is 31.0 Å². The molecule has 1 atom stereocenters. The predicted octanol–water partition coefficient (Wildman–Crippen LogP) is 1.88. The minimum Gasteiger partial charge on any atom is -0.235 e. The monoisotopic (exact) mass is 372 g/mol. The molecular formula is C13H17BrN4O2S. The number of rotatable bonds is 6. The van der Waals surface area contributed by atoms with Crippen LogP contribution in [0.5, 0.6) is 0 Å². The molecule has 0 aliphatic carbocycles. The van der Waals surface area contributed by atoms with Gasteiger partial charge in [-0.1, -0.05) is 35.5 Å². The van der Waals surface area contributed by atoms with Crippen molar-refractivity contribution >= 4 is 26.0 Å². The van der Waals surface area contributed by atoms with Gasteiger partial charge < -0.3 is 0 Å². The molecule has 21 heavy (non-hydrogen) atoms. The Hall–Kier alpha value is -1.25. The minimum absolute atomic E-state index is 0.0362. The van der Waals surface area contributed by atoms with Crippen LogP contribution in [0.15, 0.2) is 40.0 Å². The number of hydrogen-bond donors (Lipinski definition) is 1. The van der Waals surface area contributed by atoms with Crippen LogP contribution in [0, 0.1) is 0 Å². The summed E-state index contributed by atoms with van der Waals surface area (Å²) in [4.78, 5) is 0. The Labute approximate surface area is 132 Å². The second kappa shape index (κ2) is 6.67. The van der Waals surface area contributed by atoms with Crippen LogP contribution in [-0.2, 0) is 23.5 Å². The summed E-state index contributed by atoms with van der Waals surface area (Å²) in [6.07, 6.45) is 1.53. The second-order valence-corrected chi connectivity index (χ2v) is 7.24. The lowest BCUT2D eigenvalue weighted by Crippen LogP contribution is -2.34. The number of hydrogen-bond acceptors (Lipinski definition) is 4. The molecule has 0 bridgehead atoms. The Morgan fingerprint density at radius 1 is 1.33 bits per heavy atom. The van der Waals surface area contributed by atoms with Crippen LogP contribution < -0.4 is 4.72 Å². The number of aromatic nitrogens is 3. The number of nitrogens with zero attached hydrogens (tertiary/aromatic N) is 3. The van der Waals surface area contributed by atoms with Crippen molar-refractivity contribution in [1.82, 2.24) is 19.7 Å². The van der Waals surface area contributed by atoms with Gasteiger partial charge in [0.25, 0.3) is 10.0 Å². The van der Waals surface area contributed by atoms with Gasteiger partial charge in [0.05, 0.1) is 0 Å². The third-order valence-corrected chi connectivity index (χ3v) is 5.53. The number of aryl methyl sites for hydroxylation is 2. The Morgan fingerprint density at radius 3 is 2.57 bits per heavy atom. The molecule has 0 amide bonds.